The lowest BCUT2D eigenvalue weighted by molar-refractivity contribution is 0.336. The molecule has 1 aliphatic rings. The van der Waals surface area contributed by atoms with E-state index in [1.54, 1.807) is 22.5 Å². The van der Waals surface area contributed by atoms with E-state index in [0.717, 1.165) is 18.4 Å². The van der Waals surface area contributed by atoms with Crippen LogP contribution in [0.3, 0.4) is 0 Å². The highest BCUT2D eigenvalue weighted by molar-refractivity contribution is 7.89. The smallest absolute Gasteiger partial charge is 0.243 e. The van der Waals surface area contributed by atoms with Crippen molar-refractivity contribution in [2.45, 2.75) is 38.1 Å². The summed E-state index contributed by atoms with van der Waals surface area (Å²) >= 11 is 0. The van der Waals surface area contributed by atoms with Gasteiger partial charge in [-0.25, -0.2) is 8.42 Å². The van der Waals surface area contributed by atoms with Crippen molar-refractivity contribution >= 4 is 10.0 Å². The highest BCUT2D eigenvalue weighted by atomic mass is 32.2. The number of rotatable bonds is 6. The van der Waals surface area contributed by atoms with Gasteiger partial charge in [-0.15, -0.1) is 0 Å². The fraction of sp³-hybridized carbons (Fsp3) is 0.600. The molecule has 1 aromatic carbocycles. The molecule has 0 radical (unpaired) electrons. The van der Waals surface area contributed by atoms with Crippen LogP contribution in [0.25, 0.3) is 0 Å². The Morgan fingerprint density at radius 3 is 2.71 bits per heavy atom. The molecule has 118 valence electrons. The van der Waals surface area contributed by atoms with Crippen molar-refractivity contribution < 1.29 is 13.2 Å². The average molecular weight is 312 g/mol. The molecule has 2 N–H and O–H groups in total. The van der Waals surface area contributed by atoms with Gasteiger partial charge in [0.2, 0.25) is 10.0 Å². The normalized spacial score (nSPS) is 19.9. The third-order valence-electron chi connectivity index (χ3n) is 4.02. The van der Waals surface area contributed by atoms with Gasteiger partial charge in [-0.2, -0.15) is 4.31 Å². The topological polar surface area (TPSA) is 72.6 Å². The number of hydrogen-bond acceptors (Lipinski definition) is 4. The summed E-state index contributed by atoms with van der Waals surface area (Å²) < 4.78 is 32.4. The number of hydrogen-bond donors (Lipinski definition) is 1. The Balaban J connectivity index is 2.28. The van der Waals surface area contributed by atoms with E-state index in [1.165, 1.54) is 0 Å². The number of ether oxygens (including phenoxy) is 1. The van der Waals surface area contributed by atoms with Crippen molar-refractivity contribution in [2.24, 2.45) is 11.7 Å². The molecule has 1 aliphatic heterocycles. The number of nitrogens with zero attached hydrogens (tertiary/aromatic N) is 1. The maximum atomic E-state index is 12.7. The van der Waals surface area contributed by atoms with Gasteiger partial charge in [-0.3, -0.25) is 0 Å². The Hall–Kier alpha value is -1.11. The first-order valence-corrected chi connectivity index (χ1v) is 8.92. The molecule has 1 saturated heterocycles. The molecular weight excluding hydrogens is 288 g/mol. The van der Waals surface area contributed by atoms with E-state index >= 15 is 0 Å². The largest absolute Gasteiger partial charge is 0.494 e. The summed E-state index contributed by atoms with van der Waals surface area (Å²) in [6.45, 7) is 6.00. The lowest BCUT2D eigenvalue weighted by atomic mass is 10.1. The summed E-state index contributed by atoms with van der Waals surface area (Å²) in [5.74, 6) is 1.13. The minimum Gasteiger partial charge on any atom is -0.494 e. The minimum absolute atomic E-state index is 0.260. The SMILES string of the molecule is CCOc1ccc(S(=O)(=O)N2CCC(CC)C2)cc1CN. The van der Waals surface area contributed by atoms with Crippen molar-refractivity contribution in [3.8, 4) is 5.75 Å². The third-order valence-corrected chi connectivity index (χ3v) is 5.88. The molecule has 1 unspecified atom stereocenters. The van der Waals surface area contributed by atoms with Crippen LogP contribution < -0.4 is 10.5 Å². The third kappa shape index (κ3) is 3.39. The lowest BCUT2D eigenvalue weighted by Gasteiger charge is -2.18. The van der Waals surface area contributed by atoms with Crippen LogP contribution in [0.2, 0.25) is 0 Å². The van der Waals surface area contributed by atoms with Gasteiger partial charge in [0.25, 0.3) is 0 Å². The maximum Gasteiger partial charge on any atom is 0.243 e. The summed E-state index contributed by atoms with van der Waals surface area (Å²) in [5, 5.41) is 0. The fourth-order valence-electron chi connectivity index (χ4n) is 2.67. The van der Waals surface area contributed by atoms with Crippen LogP contribution in [-0.2, 0) is 16.6 Å². The highest BCUT2D eigenvalue weighted by Crippen LogP contribution is 2.28. The van der Waals surface area contributed by atoms with Crippen molar-refractivity contribution in [1.82, 2.24) is 4.31 Å². The van der Waals surface area contributed by atoms with Crippen molar-refractivity contribution in [1.29, 1.82) is 0 Å². The molecule has 0 saturated carbocycles. The van der Waals surface area contributed by atoms with Crippen LogP contribution in [0.5, 0.6) is 5.75 Å². The summed E-state index contributed by atoms with van der Waals surface area (Å²) in [7, 11) is -3.42. The Morgan fingerprint density at radius 2 is 2.14 bits per heavy atom. The number of benzene rings is 1. The van der Waals surface area contributed by atoms with Crippen LogP contribution in [0.4, 0.5) is 0 Å². The molecule has 0 amide bonds. The van der Waals surface area contributed by atoms with E-state index in [1.807, 2.05) is 6.92 Å². The van der Waals surface area contributed by atoms with Gasteiger partial charge in [0.1, 0.15) is 5.75 Å². The first kappa shape index (κ1) is 16.3. The van der Waals surface area contributed by atoms with E-state index in [2.05, 4.69) is 6.92 Å². The zero-order valence-electron chi connectivity index (χ0n) is 12.7. The molecule has 0 bridgehead atoms. The second-order valence-electron chi connectivity index (χ2n) is 5.33. The van der Waals surface area contributed by atoms with Crippen LogP contribution >= 0.6 is 0 Å². The molecule has 1 atom stereocenters. The molecule has 5 nitrogen and oxygen atoms in total. The van der Waals surface area contributed by atoms with Crippen LogP contribution in [-0.4, -0.2) is 32.4 Å². The Labute approximate surface area is 127 Å². The van der Waals surface area contributed by atoms with E-state index in [-0.39, 0.29) is 6.54 Å². The predicted octanol–water partition coefficient (Wildman–Crippen LogP) is 1.96. The van der Waals surface area contributed by atoms with Gasteiger partial charge >= 0.3 is 0 Å². The van der Waals surface area contributed by atoms with Crippen molar-refractivity contribution in [3.05, 3.63) is 23.8 Å². The lowest BCUT2D eigenvalue weighted by Crippen LogP contribution is -2.29. The van der Waals surface area contributed by atoms with Crippen LogP contribution in [0.1, 0.15) is 32.3 Å². The second kappa shape index (κ2) is 6.77. The molecule has 2 rings (SSSR count). The van der Waals surface area contributed by atoms with Gasteiger partial charge < -0.3 is 10.5 Å². The van der Waals surface area contributed by atoms with Gasteiger partial charge in [0.15, 0.2) is 0 Å². The van der Waals surface area contributed by atoms with Gasteiger partial charge in [-0.1, -0.05) is 13.3 Å². The van der Waals surface area contributed by atoms with Gasteiger partial charge in [-0.05, 0) is 37.5 Å². The van der Waals surface area contributed by atoms with Crippen LogP contribution in [0.15, 0.2) is 23.1 Å². The van der Waals surface area contributed by atoms with Crippen LogP contribution in [0, 0.1) is 5.92 Å². The van der Waals surface area contributed by atoms with Crippen molar-refractivity contribution in [2.75, 3.05) is 19.7 Å². The molecular formula is C15H24N2O3S. The molecule has 1 fully saturated rings. The summed E-state index contributed by atoms with van der Waals surface area (Å²) in [6, 6.07) is 4.95. The summed E-state index contributed by atoms with van der Waals surface area (Å²) in [6.07, 6.45) is 1.96. The quantitative estimate of drug-likeness (QED) is 0.871. The van der Waals surface area contributed by atoms with E-state index < -0.39 is 10.0 Å². The van der Waals surface area contributed by atoms with Crippen molar-refractivity contribution in [3.63, 3.8) is 0 Å². The standard InChI is InChI=1S/C15H24N2O3S/c1-3-12-7-8-17(11-12)21(18,19)14-5-6-15(20-4-2)13(9-14)10-16/h5-6,9,12H,3-4,7-8,10-11,16H2,1-2H3. The molecule has 1 heterocycles. The first-order valence-electron chi connectivity index (χ1n) is 7.48. The van der Waals surface area contributed by atoms with E-state index in [9.17, 15) is 8.42 Å². The Kier molecular flexibility index (Phi) is 5.24. The first-order chi connectivity index (χ1) is 10.0. The molecule has 1 aromatic rings. The highest BCUT2D eigenvalue weighted by Gasteiger charge is 2.32. The summed E-state index contributed by atoms with van der Waals surface area (Å²) in [4.78, 5) is 0.308. The van der Waals surface area contributed by atoms with Gasteiger partial charge in [0, 0.05) is 25.2 Å². The van der Waals surface area contributed by atoms with E-state index in [4.69, 9.17) is 10.5 Å². The second-order valence-corrected chi connectivity index (χ2v) is 7.27. The molecule has 21 heavy (non-hydrogen) atoms. The average Bonchev–Trinajstić information content (AvgIpc) is 2.97. The monoisotopic (exact) mass is 312 g/mol. The zero-order valence-corrected chi connectivity index (χ0v) is 13.5. The predicted molar refractivity (Wildman–Crippen MR) is 82.7 cm³/mol. The van der Waals surface area contributed by atoms with Gasteiger partial charge in [0.05, 0.1) is 11.5 Å². The Bertz CT molecular complexity index is 587. The molecule has 0 aromatic heterocycles. The summed E-state index contributed by atoms with van der Waals surface area (Å²) in [5.41, 5.74) is 6.43. The number of nitrogens with two attached hydrogens (primary N) is 1. The zero-order chi connectivity index (χ0) is 15.5. The Morgan fingerprint density at radius 1 is 1.38 bits per heavy atom. The molecule has 0 aliphatic carbocycles. The maximum absolute atomic E-state index is 12.7. The minimum atomic E-state index is -3.42. The molecule has 0 spiro atoms. The molecule has 6 heteroatoms. The number of sulfonamides is 1. The fourth-order valence-corrected chi connectivity index (χ4v) is 4.25. The van der Waals surface area contributed by atoms with E-state index in [0.29, 0.717) is 36.3 Å².